The number of hydrogen-bond acceptors (Lipinski definition) is 9. The second kappa shape index (κ2) is 17.7. The number of hydrogen-bond donors (Lipinski definition) is 2. The standard InChI is InChI=1S/C33H34F2N6O2.C5H3F9O.C2H6/c1-3-22-24(34)8-7-20-17-21(42)18-23(26(20)22)29-28(35)30-27(25(4-2)37-29)31(40-15-11-36-12-16-40)39-32(38-30)43-19-33-9-5-13-41(33)14-6-10-33;1-15-2(3(6,7)8,4(9,10)11)5(12,13)14;1-2/h1,7-8,17-18,36,42H,4-6,9-16,19H2,2H3;1H3;1-2H3. The molecule has 0 aliphatic carbocycles. The lowest BCUT2D eigenvalue weighted by atomic mass is 9.95. The van der Waals surface area contributed by atoms with Crippen LogP contribution in [-0.2, 0) is 11.2 Å². The molecule has 328 valence electrons. The van der Waals surface area contributed by atoms with Crippen LogP contribution in [0.15, 0.2) is 24.3 Å². The summed E-state index contributed by atoms with van der Waals surface area (Å²) in [7, 11) is -0.311. The summed E-state index contributed by atoms with van der Waals surface area (Å²) in [6.07, 6.45) is -9.35. The molecule has 0 amide bonds. The lowest BCUT2D eigenvalue weighted by Crippen LogP contribution is -2.67. The number of pyridine rings is 1. The third kappa shape index (κ3) is 8.32. The average molecular weight is 865 g/mol. The van der Waals surface area contributed by atoms with Crippen LogP contribution in [0.1, 0.15) is 57.7 Å². The van der Waals surface area contributed by atoms with E-state index in [1.807, 2.05) is 20.8 Å². The molecular formula is C40H43F11N6O3. The van der Waals surface area contributed by atoms with Gasteiger partial charge in [-0.25, -0.2) is 13.8 Å². The highest BCUT2D eigenvalue weighted by Crippen LogP contribution is 2.54. The normalized spacial score (nSPS) is 17.1. The van der Waals surface area contributed by atoms with Gasteiger partial charge in [0.05, 0.1) is 22.2 Å². The molecule has 3 aliphatic heterocycles. The number of nitrogens with one attached hydrogen (secondary N) is 1. The molecule has 3 saturated heterocycles. The molecule has 0 atom stereocenters. The van der Waals surface area contributed by atoms with Crippen LogP contribution in [0.3, 0.4) is 0 Å². The molecule has 0 radical (unpaired) electrons. The van der Waals surface area contributed by atoms with E-state index < -0.39 is 35.8 Å². The number of aromatic nitrogens is 3. The van der Waals surface area contributed by atoms with Crippen LogP contribution >= 0.6 is 0 Å². The van der Waals surface area contributed by atoms with Gasteiger partial charge in [-0.05, 0) is 68.8 Å². The number of halogens is 11. The van der Waals surface area contributed by atoms with Crippen molar-refractivity contribution in [3.63, 3.8) is 0 Å². The smallest absolute Gasteiger partial charge is 0.435 e. The lowest BCUT2D eigenvalue weighted by Gasteiger charge is -2.36. The van der Waals surface area contributed by atoms with Gasteiger partial charge in [0.25, 0.3) is 0 Å². The predicted octanol–water partition coefficient (Wildman–Crippen LogP) is 8.87. The van der Waals surface area contributed by atoms with Crippen molar-refractivity contribution in [2.24, 2.45) is 0 Å². The first kappa shape index (κ1) is 46.3. The molecule has 2 N–H and O–H groups in total. The Morgan fingerprint density at radius 1 is 0.867 bits per heavy atom. The minimum atomic E-state index is -6.64. The number of rotatable bonds is 7. The van der Waals surface area contributed by atoms with Crippen molar-refractivity contribution in [3.05, 3.63) is 47.2 Å². The second-order valence-corrected chi connectivity index (χ2v) is 14.1. The highest BCUT2D eigenvalue weighted by atomic mass is 19.4. The van der Waals surface area contributed by atoms with E-state index in [0.29, 0.717) is 53.8 Å². The van der Waals surface area contributed by atoms with Gasteiger partial charge in [0.2, 0.25) is 0 Å². The van der Waals surface area contributed by atoms with Crippen molar-refractivity contribution in [2.45, 2.75) is 82.5 Å². The second-order valence-electron chi connectivity index (χ2n) is 14.1. The molecular weight excluding hydrogens is 821 g/mol. The number of phenols is 1. The zero-order chi connectivity index (χ0) is 44.4. The average Bonchev–Trinajstić information content (AvgIpc) is 3.78. The molecule has 9 nitrogen and oxygen atoms in total. The van der Waals surface area contributed by atoms with E-state index in [1.54, 1.807) is 0 Å². The minimum absolute atomic E-state index is 0.0167. The summed E-state index contributed by atoms with van der Waals surface area (Å²) in [6, 6.07) is 5.74. The van der Waals surface area contributed by atoms with Gasteiger partial charge >= 0.3 is 30.1 Å². The van der Waals surface area contributed by atoms with Gasteiger partial charge in [0.1, 0.15) is 35.2 Å². The van der Waals surface area contributed by atoms with Crippen LogP contribution in [0.2, 0.25) is 0 Å². The fraction of sp³-hybridized carbons (Fsp3) is 0.525. The van der Waals surface area contributed by atoms with Crippen molar-refractivity contribution < 1.29 is 62.9 Å². The molecule has 2 aromatic heterocycles. The number of terminal acetylenes is 1. The van der Waals surface area contributed by atoms with E-state index in [-0.39, 0.29) is 46.7 Å². The van der Waals surface area contributed by atoms with Gasteiger partial charge in [-0.3, -0.25) is 4.90 Å². The Labute approximate surface area is 338 Å². The number of fused-ring (bicyclic) bond motifs is 3. The summed E-state index contributed by atoms with van der Waals surface area (Å²) in [4.78, 5) is 18.9. The van der Waals surface area contributed by atoms with Gasteiger partial charge in [-0.15, -0.1) is 6.42 Å². The summed E-state index contributed by atoms with van der Waals surface area (Å²) in [5.41, 5.74) is -5.36. The minimum Gasteiger partial charge on any atom is -0.508 e. The van der Waals surface area contributed by atoms with Crippen molar-refractivity contribution >= 4 is 27.5 Å². The molecule has 7 rings (SSSR count). The Hall–Kier alpha value is -4.74. The number of ether oxygens (including phenoxy) is 2. The van der Waals surface area contributed by atoms with E-state index in [0.717, 1.165) is 51.9 Å². The quantitative estimate of drug-likeness (QED) is 0.140. The van der Waals surface area contributed by atoms with E-state index in [2.05, 4.69) is 30.8 Å². The molecule has 0 bridgehead atoms. The maximum absolute atomic E-state index is 16.9. The number of anilines is 1. The molecule has 4 aromatic rings. The molecule has 20 heteroatoms. The van der Waals surface area contributed by atoms with Crippen LogP contribution in [-0.4, -0.2) is 108 Å². The Balaban J connectivity index is 0.000000342. The van der Waals surface area contributed by atoms with Crippen molar-refractivity contribution in [1.82, 2.24) is 25.2 Å². The summed E-state index contributed by atoms with van der Waals surface area (Å²) in [5, 5.41) is 15.3. The summed E-state index contributed by atoms with van der Waals surface area (Å²) in [6.45, 7) is 11.4. The van der Waals surface area contributed by atoms with Crippen LogP contribution in [0, 0.1) is 24.0 Å². The monoisotopic (exact) mass is 864 g/mol. The summed E-state index contributed by atoms with van der Waals surface area (Å²) >= 11 is 0. The van der Waals surface area contributed by atoms with Crippen LogP contribution < -0.4 is 15.0 Å². The maximum Gasteiger partial charge on any atom is 0.435 e. The number of alkyl halides is 9. The van der Waals surface area contributed by atoms with E-state index in [4.69, 9.17) is 21.1 Å². The summed E-state index contributed by atoms with van der Waals surface area (Å²) in [5.74, 6) is 1.59. The SMILES string of the molecule is C#Cc1c(F)ccc2cc(O)cc(-c3nc(CC)c4c(N5CCNCC5)nc(OCC56CCCN5CCC6)nc4c3F)c12.CC.COC(C(F)(F)F)(C(F)(F)F)C(F)(F)F. The van der Waals surface area contributed by atoms with Gasteiger partial charge in [0.15, 0.2) is 5.82 Å². The molecule has 0 unspecified atom stereocenters. The van der Waals surface area contributed by atoms with Gasteiger partial charge < -0.3 is 24.8 Å². The molecule has 60 heavy (non-hydrogen) atoms. The van der Waals surface area contributed by atoms with E-state index in [9.17, 15) is 49.0 Å². The number of methoxy groups -OCH3 is 1. The molecule has 3 aliphatic rings. The van der Waals surface area contributed by atoms with Crippen molar-refractivity contribution in [3.8, 4) is 35.4 Å². The lowest BCUT2D eigenvalue weighted by molar-refractivity contribution is -0.452. The molecule has 5 heterocycles. The highest BCUT2D eigenvalue weighted by molar-refractivity contribution is 6.03. The highest BCUT2D eigenvalue weighted by Gasteiger charge is 2.85. The van der Waals surface area contributed by atoms with E-state index >= 15 is 4.39 Å². The molecule has 0 saturated carbocycles. The molecule has 0 spiro atoms. The number of phenolic OH excluding ortho intramolecular Hbond substituents is 1. The first-order valence-electron chi connectivity index (χ1n) is 19.1. The maximum atomic E-state index is 16.9. The van der Waals surface area contributed by atoms with Crippen LogP contribution in [0.25, 0.3) is 32.9 Å². The van der Waals surface area contributed by atoms with Crippen molar-refractivity contribution in [1.29, 1.82) is 0 Å². The summed E-state index contributed by atoms with van der Waals surface area (Å²) < 4.78 is 147. The topological polar surface area (TPSA) is 95.9 Å². The van der Waals surface area contributed by atoms with Gasteiger partial charge in [-0.1, -0.05) is 32.8 Å². The fourth-order valence-electron chi connectivity index (χ4n) is 8.05. The predicted molar refractivity (Wildman–Crippen MR) is 202 cm³/mol. The third-order valence-corrected chi connectivity index (χ3v) is 10.8. The zero-order valence-electron chi connectivity index (χ0n) is 33.0. The van der Waals surface area contributed by atoms with Gasteiger partial charge in [-0.2, -0.15) is 49.5 Å². The Kier molecular flexibility index (Phi) is 13.7. The Morgan fingerprint density at radius 3 is 1.98 bits per heavy atom. The molecule has 3 fully saturated rings. The van der Waals surface area contributed by atoms with E-state index in [1.165, 1.54) is 24.3 Å². The van der Waals surface area contributed by atoms with Crippen LogP contribution in [0.4, 0.5) is 54.1 Å². The Bertz CT molecular complexity index is 2170. The molecule has 2 aromatic carbocycles. The Morgan fingerprint density at radius 2 is 1.47 bits per heavy atom. The number of nitrogens with zero attached hydrogens (tertiary/aromatic N) is 5. The van der Waals surface area contributed by atoms with Crippen LogP contribution in [0.5, 0.6) is 11.8 Å². The first-order chi connectivity index (χ1) is 28.2. The number of piperazine rings is 1. The number of benzene rings is 2. The zero-order valence-corrected chi connectivity index (χ0v) is 33.0. The largest absolute Gasteiger partial charge is 0.508 e. The number of aromatic hydroxyl groups is 1. The number of aryl methyl sites for hydroxylation is 1. The fourth-order valence-corrected chi connectivity index (χ4v) is 8.05. The first-order valence-corrected chi connectivity index (χ1v) is 19.1. The third-order valence-electron chi connectivity index (χ3n) is 10.8. The van der Waals surface area contributed by atoms with Crippen molar-refractivity contribution in [2.75, 3.05) is 57.9 Å². The van der Waals surface area contributed by atoms with Gasteiger partial charge in [0, 0.05) is 44.2 Å².